The number of hydrogen-bond donors (Lipinski definition) is 1. The first-order chi connectivity index (χ1) is 14.4. The van der Waals surface area contributed by atoms with Gasteiger partial charge in [-0.2, -0.15) is 5.26 Å². The predicted molar refractivity (Wildman–Crippen MR) is 118 cm³/mol. The Balaban J connectivity index is 1.50. The van der Waals surface area contributed by atoms with Gasteiger partial charge in [0.1, 0.15) is 0 Å². The number of thiazole rings is 1. The van der Waals surface area contributed by atoms with E-state index < -0.39 is 10.0 Å². The van der Waals surface area contributed by atoms with Crippen LogP contribution in [0.4, 0.5) is 5.13 Å². The monoisotopic (exact) mass is 446 g/mol. The fraction of sp³-hybridized carbons (Fsp3) is 0.476. The summed E-state index contributed by atoms with van der Waals surface area (Å²) in [6, 6.07) is 9.50. The van der Waals surface area contributed by atoms with Gasteiger partial charge in [0.2, 0.25) is 15.9 Å². The van der Waals surface area contributed by atoms with Gasteiger partial charge < -0.3 is 5.32 Å². The lowest BCUT2D eigenvalue weighted by Crippen LogP contribution is -2.42. The summed E-state index contributed by atoms with van der Waals surface area (Å²) >= 11 is 1.43. The molecule has 7 nitrogen and oxygen atoms in total. The molecule has 0 unspecified atom stereocenters. The smallest absolute Gasteiger partial charge is 0.229 e. The molecule has 0 aliphatic carbocycles. The molecule has 0 saturated carbocycles. The third-order valence-corrected chi connectivity index (χ3v) is 8.09. The van der Waals surface area contributed by atoms with Gasteiger partial charge in [-0.1, -0.05) is 25.5 Å². The Bertz CT molecular complexity index is 1000. The molecular weight excluding hydrogens is 420 g/mol. The van der Waals surface area contributed by atoms with E-state index in [1.807, 2.05) is 19.1 Å². The van der Waals surface area contributed by atoms with Crippen LogP contribution in [0.15, 0.2) is 30.5 Å². The van der Waals surface area contributed by atoms with Crippen molar-refractivity contribution < 1.29 is 13.2 Å². The zero-order valence-electron chi connectivity index (χ0n) is 17.0. The van der Waals surface area contributed by atoms with Crippen molar-refractivity contribution in [2.75, 3.05) is 24.2 Å². The van der Waals surface area contributed by atoms with E-state index in [9.17, 15) is 13.2 Å². The molecule has 0 spiro atoms. The van der Waals surface area contributed by atoms with Crippen LogP contribution >= 0.6 is 11.3 Å². The van der Waals surface area contributed by atoms with Gasteiger partial charge in [-0.3, -0.25) is 4.79 Å². The van der Waals surface area contributed by atoms with E-state index in [2.05, 4.69) is 16.4 Å². The SMILES string of the molecule is CCCCS(=O)(=O)N1CCC(C(=O)Nc2ncc(Cc3ccc(C#N)cc3)s2)CC1. The van der Waals surface area contributed by atoms with Crippen LogP contribution in [-0.4, -0.2) is 42.5 Å². The third kappa shape index (κ3) is 5.88. The Morgan fingerprint density at radius 2 is 2.00 bits per heavy atom. The molecule has 1 fully saturated rings. The van der Waals surface area contributed by atoms with Gasteiger partial charge in [-0.15, -0.1) is 11.3 Å². The summed E-state index contributed by atoms with van der Waals surface area (Å²) < 4.78 is 26.1. The Kier molecular flexibility index (Phi) is 7.58. The van der Waals surface area contributed by atoms with Gasteiger partial charge in [0.15, 0.2) is 5.13 Å². The number of piperidine rings is 1. The zero-order chi connectivity index (χ0) is 21.6. The molecule has 1 N–H and O–H groups in total. The first-order valence-corrected chi connectivity index (χ1v) is 12.6. The lowest BCUT2D eigenvalue weighted by molar-refractivity contribution is -0.120. The van der Waals surface area contributed by atoms with Crippen molar-refractivity contribution in [3.63, 3.8) is 0 Å². The van der Waals surface area contributed by atoms with E-state index in [4.69, 9.17) is 5.26 Å². The number of carbonyl (C=O) groups excluding carboxylic acids is 1. The molecule has 1 amide bonds. The van der Waals surface area contributed by atoms with E-state index in [1.54, 1.807) is 18.3 Å². The molecule has 1 aromatic heterocycles. The van der Waals surface area contributed by atoms with Crippen LogP contribution in [0.1, 0.15) is 48.6 Å². The van der Waals surface area contributed by atoms with Crippen molar-refractivity contribution in [3.05, 3.63) is 46.5 Å². The highest BCUT2D eigenvalue weighted by Gasteiger charge is 2.31. The minimum absolute atomic E-state index is 0.0973. The summed E-state index contributed by atoms with van der Waals surface area (Å²) in [6.45, 7) is 2.76. The molecule has 160 valence electrons. The summed E-state index contributed by atoms with van der Waals surface area (Å²) in [5.74, 6) is -0.116. The molecule has 0 atom stereocenters. The van der Waals surface area contributed by atoms with Crippen LogP contribution in [0.25, 0.3) is 0 Å². The summed E-state index contributed by atoms with van der Waals surface area (Å²) in [7, 11) is -3.21. The molecule has 1 aliphatic rings. The van der Waals surface area contributed by atoms with Gasteiger partial charge in [-0.05, 0) is 37.0 Å². The quantitative estimate of drug-likeness (QED) is 0.669. The van der Waals surface area contributed by atoms with Crippen LogP contribution in [0, 0.1) is 17.2 Å². The Morgan fingerprint density at radius 3 is 2.63 bits per heavy atom. The summed E-state index contributed by atoms with van der Waals surface area (Å²) in [5.41, 5.74) is 1.70. The van der Waals surface area contributed by atoms with Crippen molar-refractivity contribution in [1.29, 1.82) is 5.26 Å². The highest BCUT2D eigenvalue weighted by atomic mass is 32.2. The summed E-state index contributed by atoms with van der Waals surface area (Å²) in [5, 5.41) is 12.3. The molecule has 2 heterocycles. The number of aromatic nitrogens is 1. The normalized spacial score (nSPS) is 15.6. The Hall–Kier alpha value is -2.28. The number of nitrogens with one attached hydrogen (secondary N) is 1. The number of carbonyl (C=O) groups is 1. The van der Waals surface area contributed by atoms with E-state index in [-0.39, 0.29) is 17.6 Å². The summed E-state index contributed by atoms with van der Waals surface area (Å²) in [6.07, 6.45) is 5.01. The van der Waals surface area contributed by atoms with Gasteiger partial charge in [-0.25, -0.2) is 17.7 Å². The topological polar surface area (TPSA) is 103 Å². The molecule has 2 aromatic rings. The number of rotatable bonds is 8. The van der Waals surface area contributed by atoms with E-state index in [1.165, 1.54) is 15.6 Å². The Morgan fingerprint density at radius 1 is 1.30 bits per heavy atom. The van der Waals surface area contributed by atoms with Crippen molar-refractivity contribution in [2.24, 2.45) is 5.92 Å². The third-order valence-electron chi connectivity index (χ3n) is 5.22. The number of hydrogen-bond acceptors (Lipinski definition) is 6. The summed E-state index contributed by atoms with van der Waals surface area (Å²) in [4.78, 5) is 17.9. The van der Waals surface area contributed by atoms with Crippen molar-refractivity contribution in [2.45, 2.75) is 39.0 Å². The minimum Gasteiger partial charge on any atom is -0.302 e. The highest BCUT2D eigenvalue weighted by molar-refractivity contribution is 7.89. The van der Waals surface area contributed by atoms with Crippen LogP contribution in [0.2, 0.25) is 0 Å². The molecule has 1 saturated heterocycles. The van der Waals surface area contributed by atoms with Crippen LogP contribution in [0.3, 0.4) is 0 Å². The van der Waals surface area contributed by atoms with Crippen molar-refractivity contribution >= 4 is 32.4 Å². The molecule has 9 heteroatoms. The van der Waals surface area contributed by atoms with E-state index in [0.29, 0.717) is 49.5 Å². The van der Waals surface area contributed by atoms with Crippen LogP contribution < -0.4 is 5.32 Å². The van der Waals surface area contributed by atoms with Crippen molar-refractivity contribution in [3.8, 4) is 6.07 Å². The second-order valence-corrected chi connectivity index (χ2v) is 10.7. The van der Waals surface area contributed by atoms with Gasteiger partial charge in [0.05, 0.1) is 17.4 Å². The number of nitriles is 1. The zero-order valence-corrected chi connectivity index (χ0v) is 18.6. The average Bonchev–Trinajstić information content (AvgIpc) is 3.19. The highest BCUT2D eigenvalue weighted by Crippen LogP contribution is 2.25. The lowest BCUT2D eigenvalue weighted by atomic mass is 9.97. The molecule has 1 aliphatic heterocycles. The van der Waals surface area contributed by atoms with Crippen LogP contribution in [-0.2, 0) is 21.2 Å². The standard InChI is InChI=1S/C21H26N4O3S2/c1-2-3-12-30(27,28)25-10-8-18(9-11-25)20(26)24-21-23-15-19(29-21)13-16-4-6-17(14-22)7-5-16/h4-7,15,18H,2-3,8-13H2,1H3,(H,23,24,26). The Labute approximate surface area is 181 Å². The average molecular weight is 447 g/mol. The minimum atomic E-state index is -3.21. The number of sulfonamides is 1. The van der Waals surface area contributed by atoms with Gasteiger partial charge in [0.25, 0.3) is 0 Å². The second kappa shape index (κ2) is 10.2. The second-order valence-electron chi connectivity index (χ2n) is 7.45. The first kappa shape index (κ1) is 22.4. The molecular formula is C21H26N4O3S2. The van der Waals surface area contributed by atoms with Crippen molar-refractivity contribution in [1.82, 2.24) is 9.29 Å². The van der Waals surface area contributed by atoms with Crippen LogP contribution in [0.5, 0.6) is 0 Å². The molecule has 0 bridgehead atoms. The first-order valence-electron chi connectivity index (χ1n) is 10.1. The fourth-order valence-corrected chi connectivity index (χ4v) is 5.93. The number of anilines is 1. The molecule has 1 aromatic carbocycles. The number of unbranched alkanes of at least 4 members (excludes halogenated alkanes) is 1. The van der Waals surface area contributed by atoms with Gasteiger partial charge in [0, 0.05) is 36.5 Å². The maximum Gasteiger partial charge on any atom is 0.229 e. The number of amides is 1. The fourth-order valence-electron chi connectivity index (χ4n) is 3.40. The largest absolute Gasteiger partial charge is 0.302 e. The van der Waals surface area contributed by atoms with Gasteiger partial charge >= 0.3 is 0 Å². The maximum atomic E-state index is 12.6. The molecule has 3 rings (SSSR count). The lowest BCUT2D eigenvalue weighted by Gasteiger charge is -2.30. The predicted octanol–water partition coefficient (Wildman–Crippen LogP) is 3.39. The molecule has 0 radical (unpaired) electrons. The van der Waals surface area contributed by atoms with E-state index in [0.717, 1.165) is 16.9 Å². The molecule has 30 heavy (non-hydrogen) atoms. The number of nitrogens with zero attached hydrogens (tertiary/aromatic N) is 3. The van der Waals surface area contributed by atoms with E-state index >= 15 is 0 Å². The maximum absolute atomic E-state index is 12.6. The number of benzene rings is 1.